The summed E-state index contributed by atoms with van der Waals surface area (Å²) >= 11 is 6.11. The molecule has 0 radical (unpaired) electrons. The number of nitrogens with one attached hydrogen (secondary N) is 1. The molecule has 1 aliphatic heterocycles. The Morgan fingerprint density at radius 2 is 2.03 bits per heavy atom. The number of hydrogen-bond donors (Lipinski definition) is 1. The number of hydrogen-bond acceptors (Lipinski definition) is 5. The average molecular weight is 454 g/mol. The zero-order valence-corrected chi connectivity index (χ0v) is 18.6. The first-order valence-corrected chi connectivity index (χ1v) is 11.4. The molecule has 30 heavy (non-hydrogen) atoms. The Balaban J connectivity index is 1.83. The molecule has 0 spiro atoms. The van der Waals surface area contributed by atoms with Gasteiger partial charge in [0, 0.05) is 30.5 Å². The van der Waals surface area contributed by atoms with E-state index in [-0.39, 0.29) is 23.7 Å². The molecule has 162 valence electrons. The van der Waals surface area contributed by atoms with Crippen molar-refractivity contribution in [1.82, 2.24) is 8.87 Å². The quantitative estimate of drug-likeness (QED) is 0.678. The van der Waals surface area contributed by atoms with Crippen molar-refractivity contribution in [2.45, 2.75) is 37.6 Å². The molecule has 2 aromatic rings. The van der Waals surface area contributed by atoms with E-state index in [4.69, 9.17) is 16.3 Å². The summed E-state index contributed by atoms with van der Waals surface area (Å²) in [5, 5.41) is 3.26. The molecule has 8 nitrogen and oxygen atoms in total. The number of ether oxygens (including phenoxy) is 1. The predicted octanol–water partition coefficient (Wildman–Crippen LogP) is 2.96. The van der Waals surface area contributed by atoms with Crippen LogP contribution in [0.1, 0.15) is 35.8 Å². The van der Waals surface area contributed by atoms with E-state index in [0.29, 0.717) is 23.6 Å². The molecule has 10 heteroatoms. The Labute approximate surface area is 180 Å². The van der Waals surface area contributed by atoms with Crippen LogP contribution in [0.2, 0.25) is 5.02 Å². The molecule has 1 atom stereocenters. The van der Waals surface area contributed by atoms with Crippen molar-refractivity contribution in [2.75, 3.05) is 18.5 Å². The maximum Gasteiger partial charge on any atom is 0.354 e. The van der Waals surface area contributed by atoms with Crippen molar-refractivity contribution >= 4 is 39.2 Å². The third-order valence-electron chi connectivity index (χ3n) is 5.02. The topological polar surface area (TPSA) is 97.7 Å². The first-order valence-electron chi connectivity index (χ1n) is 9.57. The number of esters is 1. The van der Waals surface area contributed by atoms with E-state index < -0.39 is 27.9 Å². The number of sulfonamides is 1. The van der Waals surface area contributed by atoms with E-state index in [9.17, 15) is 18.0 Å². The number of aryl methyl sites for hydroxylation is 2. The van der Waals surface area contributed by atoms with E-state index in [1.165, 1.54) is 21.1 Å². The maximum absolute atomic E-state index is 13.2. The third kappa shape index (κ3) is 4.38. The zero-order chi connectivity index (χ0) is 22.1. The normalized spacial score (nSPS) is 17.1. The summed E-state index contributed by atoms with van der Waals surface area (Å²) < 4.78 is 34.0. The van der Waals surface area contributed by atoms with Gasteiger partial charge < -0.3 is 14.6 Å². The van der Waals surface area contributed by atoms with Gasteiger partial charge in [-0.1, -0.05) is 17.7 Å². The fourth-order valence-electron chi connectivity index (χ4n) is 3.40. The summed E-state index contributed by atoms with van der Waals surface area (Å²) in [6.07, 6.45) is 2.32. The molecule has 1 aliphatic rings. The van der Waals surface area contributed by atoms with E-state index in [2.05, 4.69) is 5.32 Å². The highest BCUT2D eigenvalue weighted by atomic mass is 35.5. The number of rotatable bonds is 6. The lowest BCUT2D eigenvalue weighted by Crippen LogP contribution is -2.43. The first-order chi connectivity index (χ1) is 14.1. The van der Waals surface area contributed by atoms with E-state index >= 15 is 0 Å². The smallest absolute Gasteiger partial charge is 0.354 e. The molecule has 1 aromatic carbocycles. The van der Waals surface area contributed by atoms with Crippen LogP contribution < -0.4 is 5.32 Å². The average Bonchev–Trinajstić information content (AvgIpc) is 3.32. The standard InChI is InChI=1S/C20H24ClN3O5S/c1-4-29-20(26)18-11-15(12-23(18)3)30(27,28)24-9-5-6-17(24)19(25)22-14-8-7-13(2)16(21)10-14/h7-8,10-12,17H,4-6,9H2,1-3H3,(H,22,25)/t17-/m1/s1. The number of anilines is 1. The van der Waals surface area contributed by atoms with Crippen LogP contribution in [0, 0.1) is 6.92 Å². The second-order valence-corrected chi connectivity index (χ2v) is 9.42. The van der Waals surface area contributed by atoms with Gasteiger partial charge in [0.15, 0.2) is 0 Å². The number of aromatic nitrogens is 1. The van der Waals surface area contributed by atoms with Crippen LogP contribution >= 0.6 is 11.6 Å². The number of nitrogens with zero attached hydrogens (tertiary/aromatic N) is 2. The minimum atomic E-state index is -3.97. The van der Waals surface area contributed by atoms with Crippen molar-refractivity contribution < 1.29 is 22.7 Å². The van der Waals surface area contributed by atoms with Crippen LogP contribution in [-0.2, 0) is 26.6 Å². The van der Waals surface area contributed by atoms with Crippen molar-refractivity contribution in [3.05, 3.63) is 46.7 Å². The van der Waals surface area contributed by atoms with Gasteiger partial charge in [-0.2, -0.15) is 4.31 Å². The molecular formula is C20H24ClN3O5S. The summed E-state index contributed by atoms with van der Waals surface area (Å²) in [4.78, 5) is 24.8. The van der Waals surface area contributed by atoms with Gasteiger partial charge in [0.05, 0.1) is 6.61 Å². The van der Waals surface area contributed by atoms with Crippen LogP contribution in [-0.4, -0.2) is 48.4 Å². The molecule has 0 unspecified atom stereocenters. The molecule has 3 rings (SSSR count). The van der Waals surface area contributed by atoms with Crippen molar-refractivity contribution in [3.63, 3.8) is 0 Å². The van der Waals surface area contributed by atoms with Crippen LogP contribution in [0.15, 0.2) is 35.4 Å². The zero-order valence-electron chi connectivity index (χ0n) is 17.0. The van der Waals surface area contributed by atoms with Crippen molar-refractivity contribution in [3.8, 4) is 0 Å². The van der Waals surface area contributed by atoms with E-state index in [0.717, 1.165) is 5.56 Å². The number of carbonyl (C=O) groups excluding carboxylic acids is 2. The molecule has 0 saturated carbocycles. The Morgan fingerprint density at radius 3 is 2.70 bits per heavy atom. The summed E-state index contributed by atoms with van der Waals surface area (Å²) in [6.45, 7) is 3.93. The van der Waals surface area contributed by atoms with Gasteiger partial charge in [-0.25, -0.2) is 13.2 Å². The van der Waals surface area contributed by atoms with Gasteiger partial charge in [0.2, 0.25) is 15.9 Å². The largest absolute Gasteiger partial charge is 0.461 e. The van der Waals surface area contributed by atoms with Gasteiger partial charge in [0.1, 0.15) is 16.6 Å². The second-order valence-electron chi connectivity index (χ2n) is 7.12. The minimum absolute atomic E-state index is 0.0499. The molecule has 2 heterocycles. The minimum Gasteiger partial charge on any atom is -0.461 e. The lowest BCUT2D eigenvalue weighted by Gasteiger charge is -2.23. The monoisotopic (exact) mass is 453 g/mol. The molecule has 0 aliphatic carbocycles. The predicted molar refractivity (Wildman–Crippen MR) is 113 cm³/mol. The van der Waals surface area contributed by atoms with Crippen LogP contribution in [0.25, 0.3) is 0 Å². The first kappa shape index (κ1) is 22.3. The van der Waals surface area contributed by atoms with Gasteiger partial charge in [-0.05, 0) is 50.5 Å². The number of amides is 1. The van der Waals surface area contributed by atoms with Crippen molar-refractivity contribution in [1.29, 1.82) is 0 Å². The lowest BCUT2D eigenvalue weighted by molar-refractivity contribution is -0.119. The third-order valence-corrected chi connectivity index (χ3v) is 7.30. The molecule has 1 fully saturated rings. The molecule has 1 N–H and O–H groups in total. The highest BCUT2D eigenvalue weighted by Crippen LogP contribution is 2.29. The van der Waals surface area contributed by atoms with Crippen LogP contribution in [0.4, 0.5) is 5.69 Å². The van der Waals surface area contributed by atoms with Crippen molar-refractivity contribution in [2.24, 2.45) is 7.05 Å². The summed E-state index contributed by atoms with van der Waals surface area (Å²) in [6, 6.07) is 5.56. The summed E-state index contributed by atoms with van der Waals surface area (Å²) in [5.41, 5.74) is 1.51. The Bertz CT molecular complexity index is 1080. The van der Waals surface area contributed by atoms with Gasteiger partial charge >= 0.3 is 5.97 Å². The molecule has 1 amide bonds. The maximum atomic E-state index is 13.2. The Kier molecular flexibility index (Phi) is 6.54. The fourth-order valence-corrected chi connectivity index (χ4v) is 5.31. The molecule has 0 bridgehead atoms. The SMILES string of the molecule is CCOC(=O)c1cc(S(=O)(=O)N2CCC[C@@H]2C(=O)Nc2ccc(C)c(Cl)c2)cn1C. The highest BCUT2D eigenvalue weighted by molar-refractivity contribution is 7.89. The Morgan fingerprint density at radius 1 is 1.30 bits per heavy atom. The summed E-state index contributed by atoms with van der Waals surface area (Å²) in [7, 11) is -2.40. The van der Waals surface area contributed by atoms with E-state index in [1.807, 2.05) is 6.92 Å². The van der Waals surface area contributed by atoms with Crippen LogP contribution in [0.3, 0.4) is 0 Å². The fraction of sp³-hybridized carbons (Fsp3) is 0.400. The second kappa shape index (κ2) is 8.79. The molecule has 1 aromatic heterocycles. The molecule has 1 saturated heterocycles. The lowest BCUT2D eigenvalue weighted by atomic mass is 10.2. The van der Waals surface area contributed by atoms with Gasteiger partial charge in [0.25, 0.3) is 0 Å². The Hall–Kier alpha value is -2.36. The highest BCUT2D eigenvalue weighted by Gasteiger charge is 2.40. The number of halogens is 1. The van der Waals surface area contributed by atoms with Gasteiger partial charge in [-0.3, -0.25) is 4.79 Å². The van der Waals surface area contributed by atoms with Crippen LogP contribution in [0.5, 0.6) is 0 Å². The van der Waals surface area contributed by atoms with Gasteiger partial charge in [-0.15, -0.1) is 0 Å². The number of carbonyl (C=O) groups is 2. The molecular weight excluding hydrogens is 430 g/mol. The summed E-state index contributed by atoms with van der Waals surface area (Å²) in [5.74, 6) is -1.02. The number of benzene rings is 1. The van der Waals surface area contributed by atoms with E-state index in [1.54, 1.807) is 32.2 Å².